The van der Waals surface area contributed by atoms with Gasteiger partial charge in [-0.25, -0.2) is 0 Å². The SMILES string of the molecule is CCCCCCc1ccc(N(c2ccc(C(C)(C)c3ccc(C(C)(C)c4ccc(N(c5ccc(CCCCCC)cc5)c5ccc(C)c(C)c5)cc4)cc3)cc2)c2ccc(C)c(C)c2)cc1. The smallest absolute Gasteiger partial charge is 0.0464 e. The maximum absolute atomic E-state index is 2.40. The van der Waals surface area contributed by atoms with Gasteiger partial charge in [0.2, 0.25) is 0 Å². The van der Waals surface area contributed by atoms with Crippen molar-refractivity contribution in [2.45, 2.75) is 144 Å². The molecule has 0 spiro atoms. The van der Waals surface area contributed by atoms with Crippen LogP contribution in [0, 0.1) is 27.7 Å². The van der Waals surface area contributed by atoms with Crippen LogP contribution in [0.4, 0.5) is 34.1 Å². The number of hydrogen-bond acceptors (Lipinski definition) is 2. The summed E-state index contributed by atoms with van der Waals surface area (Å²) in [6, 6.07) is 60.1. The van der Waals surface area contributed by atoms with E-state index in [1.807, 2.05) is 0 Å². The lowest BCUT2D eigenvalue weighted by molar-refractivity contribution is 0.626. The van der Waals surface area contributed by atoms with Crippen molar-refractivity contribution < 1.29 is 0 Å². The molecule has 7 aromatic rings. The lowest BCUT2D eigenvalue weighted by atomic mass is 9.74. The average Bonchev–Trinajstić information content (AvgIpc) is 3.33. The van der Waals surface area contributed by atoms with Crippen LogP contribution in [0.3, 0.4) is 0 Å². The summed E-state index contributed by atoms with van der Waals surface area (Å²) in [6.07, 6.45) is 12.6. The normalized spacial score (nSPS) is 11.8. The molecule has 0 saturated heterocycles. The second kappa shape index (κ2) is 21.6. The molecule has 0 atom stereocenters. The zero-order valence-corrected chi connectivity index (χ0v) is 42.0. The van der Waals surface area contributed by atoms with Gasteiger partial charge in [-0.3, -0.25) is 0 Å². The van der Waals surface area contributed by atoms with Crippen molar-refractivity contribution in [2.75, 3.05) is 9.80 Å². The quantitative estimate of drug-likeness (QED) is 0.0704. The van der Waals surface area contributed by atoms with Gasteiger partial charge in [0.1, 0.15) is 0 Å². The highest BCUT2D eigenvalue weighted by atomic mass is 15.1. The molecule has 0 radical (unpaired) electrons. The molecule has 2 nitrogen and oxygen atoms in total. The van der Waals surface area contributed by atoms with Crippen molar-refractivity contribution in [2.24, 2.45) is 0 Å². The minimum atomic E-state index is -0.182. The molecule has 0 N–H and O–H groups in total. The number of aryl methyl sites for hydroxylation is 6. The fraction of sp³-hybridized carbons (Fsp3) is 0.344. The first-order valence-electron chi connectivity index (χ1n) is 25.0. The molecular weight excluding hydrogens is 797 g/mol. The Labute approximate surface area is 399 Å². The van der Waals surface area contributed by atoms with Gasteiger partial charge in [0.25, 0.3) is 0 Å². The van der Waals surface area contributed by atoms with Crippen molar-refractivity contribution in [3.05, 3.63) is 213 Å². The molecule has 0 fully saturated rings. The van der Waals surface area contributed by atoms with E-state index in [1.165, 1.54) is 141 Å². The summed E-state index contributed by atoms with van der Waals surface area (Å²) in [5.74, 6) is 0. The molecule has 0 aliphatic rings. The van der Waals surface area contributed by atoms with Crippen LogP contribution in [-0.2, 0) is 23.7 Å². The summed E-state index contributed by atoms with van der Waals surface area (Å²) in [7, 11) is 0. The fourth-order valence-electron chi connectivity index (χ4n) is 9.45. The van der Waals surface area contributed by atoms with E-state index in [0.717, 1.165) is 12.8 Å². The lowest BCUT2D eigenvalue weighted by Crippen LogP contribution is -2.22. The second-order valence-electron chi connectivity index (χ2n) is 20.1. The third kappa shape index (κ3) is 11.2. The number of rotatable bonds is 20. The van der Waals surface area contributed by atoms with E-state index >= 15 is 0 Å². The Balaban J connectivity index is 1.10. The summed E-state index contributed by atoms with van der Waals surface area (Å²) >= 11 is 0. The van der Waals surface area contributed by atoms with Crippen LogP contribution in [0.1, 0.15) is 149 Å². The number of unbranched alkanes of at least 4 members (excludes halogenated alkanes) is 6. The Hall–Kier alpha value is -5.86. The van der Waals surface area contributed by atoms with Gasteiger partial charge in [0, 0.05) is 45.0 Å². The topological polar surface area (TPSA) is 6.48 Å². The van der Waals surface area contributed by atoms with Crippen LogP contribution in [0.15, 0.2) is 158 Å². The molecule has 342 valence electrons. The number of nitrogens with zero attached hydrogens (tertiary/aromatic N) is 2. The molecular formula is C64H76N2. The first-order valence-corrected chi connectivity index (χ1v) is 25.0. The van der Waals surface area contributed by atoms with Crippen molar-refractivity contribution >= 4 is 34.1 Å². The summed E-state index contributed by atoms with van der Waals surface area (Å²) in [6.45, 7) is 22.8. The number of hydrogen-bond donors (Lipinski definition) is 0. The molecule has 2 heteroatoms. The van der Waals surface area contributed by atoms with Gasteiger partial charge in [0.05, 0.1) is 0 Å². The van der Waals surface area contributed by atoms with Crippen molar-refractivity contribution in [3.63, 3.8) is 0 Å². The highest BCUT2D eigenvalue weighted by Gasteiger charge is 2.28. The van der Waals surface area contributed by atoms with Gasteiger partial charge in [-0.1, -0.05) is 165 Å². The van der Waals surface area contributed by atoms with Crippen LogP contribution in [0.25, 0.3) is 0 Å². The number of benzene rings is 7. The molecule has 0 bridgehead atoms. The van der Waals surface area contributed by atoms with Crippen LogP contribution in [0.2, 0.25) is 0 Å². The third-order valence-electron chi connectivity index (χ3n) is 14.5. The molecule has 0 amide bonds. The standard InChI is InChI=1S/C64H76N2/c1-11-13-15-17-19-51-23-37-57(38-24-51)65(61-35-21-47(3)49(5)45-61)59-41-31-55(32-42-59)63(7,8)53-27-29-54(30-28-53)64(9,10)56-33-43-60(44-34-56)66(62-36-22-48(4)50(6)46-62)58-39-25-52(26-40-58)20-18-16-14-12-2/h21-46H,11-20H2,1-10H3. The first-order chi connectivity index (χ1) is 31.8. The summed E-state index contributed by atoms with van der Waals surface area (Å²) < 4.78 is 0. The summed E-state index contributed by atoms with van der Waals surface area (Å²) in [4.78, 5) is 4.81. The minimum absolute atomic E-state index is 0.182. The molecule has 0 aromatic heterocycles. The molecule has 0 saturated carbocycles. The largest absolute Gasteiger partial charge is 0.310 e. The van der Waals surface area contributed by atoms with Gasteiger partial charge >= 0.3 is 0 Å². The fourth-order valence-corrected chi connectivity index (χ4v) is 9.45. The first kappa shape index (κ1) is 48.1. The maximum atomic E-state index is 2.40. The highest BCUT2D eigenvalue weighted by Crippen LogP contribution is 2.41. The molecule has 0 heterocycles. The van der Waals surface area contributed by atoms with Crippen LogP contribution in [0.5, 0.6) is 0 Å². The van der Waals surface area contributed by atoms with E-state index in [2.05, 4.69) is 237 Å². The minimum Gasteiger partial charge on any atom is -0.310 e. The Kier molecular flexibility index (Phi) is 15.8. The predicted molar refractivity (Wildman–Crippen MR) is 288 cm³/mol. The lowest BCUT2D eigenvalue weighted by Gasteiger charge is -2.31. The Morgan fingerprint density at radius 2 is 0.576 bits per heavy atom. The Morgan fingerprint density at radius 1 is 0.303 bits per heavy atom. The zero-order chi connectivity index (χ0) is 46.8. The van der Waals surface area contributed by atoms with E-state index in [0.29, 0.717) is 0 Å². The van der Waals surface area contributed by atoms with Crippen LogP contribution in [-0.4, -0.2) is 0 Å². The summed E-state index contributed by atoms with van der Waals surface area (Å²) in [5, 5.41) is 0. The van der Waals surface area contributed by atoms with E-state index in [-0.39, 0.29) is 10.8 Å². The van der Waals surface area contributed by atoms with Crippen molar-refractivity contribution in [3.8, 4) is 0 Å². The Morgan fingerprint density at radius 3 is 0.864 bits per heavy atom. The molecule has 0 aliphatic carbocycles. The van der Waals surface area contributed by atoms with E-state index < -0.39 is 0 Å². The highest BCUT2D eigenvalue weighted by molar-refractivity contribution is 5.78. The number of anilines is 6. The second-order valence-corrected chi connectivity index (χ2v) is 20.1. The monoisotopic (exact) mass is 873 g/mol. The van der Waals surface area contributed by atoms with Gasteiger partial charge in [0.15, 0.2) is 0 Å². The maximum Gasteiger partial charge on any atom is 0.0464 e. The van der Waals surface area contributed by atoms with Gasteiger partial charge in [-0.2, -0.15) is 0 Å². The van der Waals surface area contributed by atoms with Crippen LogP contribution < -0.4 is 9.80 Å². The van der Waals surface area contributed by atoms with Crippen molar-refractivity contribution in [1.82, 2.24) is 0 Å². The van der Waals surface area contributed by atoms with Gasteiger partial charge in [-0.05, 0) is 182 Å². The molecule has 0 aliphatic heterocycles. The van der Waals surface area contributed by atoms with E-state index in [9.17, 15) is 0 Å². The summed E-state index contributed by atoms with van der Waals surface area (Å²) in [5.41, 5.74) is 20.0. The Bertz CT molecular complexity index is 2430. The molecule has 0 unspecified atom stereocenters. The zero-order valence-electron chi connectivity index (χ0n) is 42.0. The van der Waals surface area contributed by atoms with E-state index in [1.54, 1.807) is 0 Å². The van der Waals surface area contributed by atoms with Crippen LogP contribution >= 0.6 is 0 Å². The van der Waals surface area contributed by atoms with Gasteiger partial charge in [-0.15, -0.1) is 0 Å². The average molecular weight is 873 g/mol. The molecule has 7 aromatic carbocycles. The molecule has 66 heavy (non-hydrogen) atoms. The predicted octanol–water partition coefficient (Wildman–Crippen LogP) is 18.8. The molecule has 7 rings (SSSR count). The van der Waals surface area contributed by atoms with Gasteiger partial charge < -0.3 is 9.80 Å². The van der Waals surface area contributed by atoms with Crippen molar-refractivity contribution in [1.29, 1.82) is 0 Å². The van der Waals surface area contributed by atoms with E-state index in [4.69, 9.17) is 0 Å². The third-order valence-corrected chi connectivity index (χ3v) is 14.5.